The van der Waals surface area contributed by atoms with Crippen molar-refractivity contribution in [3.8, 4) is 6.07 Å². The van der Waals surface area contributed by atoms with Gasteiger partial charge in [-0.25, -0.2) is 13.1 Å². The van der Waals surface area contributed by atoms with Crippen molar-refractivity contribution in [2.45, 2.75) is 19.3 Å². The van der Waals surface area contributed by atoms with Gasteiger partial charge < -0.3 is 5.11 Å². The maximum absolute atomic E-state index is 11.2. The highest BCUT2D eigenvalue weighted by atomic mass is 32.2. The number of aliphatic hydroxyl groups is 1. The molecule has 86 valence electrons. The minimum absolute atomic E-state index is 0.116. The number of aliphatic hydroxyl groups excluding tert-OH is 1. The Labute approximate surface area is 90.2 Å². The largest absolute Gasteiger partial charge is 0.396 e. The first kappa shape index (κ1) is 12.4. The van der Waals surface area contributed by atoms with Gasteiger partial charge in [0.2, 0.25) is 10.0 Å². The minimum Gasteiger partial charge on any atom is -0.396 e. The van der Waals surface area contributed by atoms with Gasteiger partial charge >= 0.3 is 0 Å². The minimum atomic E-state index is -3.44. The maximum Gasteiger partial charge on any atom is 0.225 e. The predicted molar refractivity (Wildman–Crippen MR) is 55.3 cm³/mol. The van der Waals surface area contributed by atoms with E-state index in [2.05, 4.69) is 4.72 Å². The number of nitrogens with zero attached hydrogens (tertiary/aromatic N) is 1. The quantitative estimate of drug-likeness (QED) is 0.689. The molecule has 1 aliphatic carbocycles. The topological polar surface area (TPSA) is 90.2 Å². The van der Waals surface area contributed by atoms with E-state index in [-0.39, 0.29) is 18.4 Å². The van der Waals surface area contributed by atoms with E-state index in [1.54, 1.807) is 6.07 Å². The van der Waals surface area contributed by atoms with E-state index in [1.807, 2.05) is 0 Å². The fourth-order valence-corrected chi connectivity index (χ4v) is 2.73. The van der Waals surface area contributed by atoms with Crippen LogP contribution < -0.4 is 4.72 Å². The first-order valence-electron chi connectivity index (χ1n) is 5.04. The molecule has 2 atom stereocenters. The van der Waals surface area contributed by atoms with E-state index >= 15 is 0 Å². The average Bonchev–Trinajstić information content (AvgIpc) is 2.62. The smallest absolute Gasteiger partial charge is 0.225 e. The van der Waals surface area contributed by atoms with Crippen molar-refractivity contribution in [3.05, 3.63) is 0 Å². The third kappa shape index (κ3) is 3.78. The summed E-state index contributed by atoms with van der Waals surface area (Å²) in [6.07, 6.45) is 2.94. The SMILES string of the molecule is N#CCS(=O)(=O)NCC1CCCC1CO. The molecule has 0 amide bonds. The summed E-state index contributed by atoms with van der Waals surface area (Å²) in [7, 11) is -3.44. The Morgan fingerprint density at radius 2 is 2.07 bits per heavy atom. The van der Waals surface area contributed by atoms with Crippen LogP contribution in [0.2, 0.25) is 0 Å². The van der Waals surface area contributed by atoms with Gasteiger partial charge in [-0.05, 0) is 24.7 Å². The highest BCUT2D eigenvalue weighted by molar-refractivity contribution is 7.89. The summed E-state index contributed by atoms with van der Waals surface area (Å²) in [5.74, 6) is -0.0815. The van der Waals surface area contributed by atoms with Crippen LogP contribution in [0.15, 0.2) is 0 Å². The molecule has 1 fully saturated rings. The lowest BCUT2D eigenvalue weighted by Gasteiger charge is -2.17. The average molecular weight is 232 g/mol. The summed E-state index contributed by atoms with van der Waals surface area (Å²) in [5.41, 5.74) is 0. The standard InChI is InChI=1S/C9H16N2O3S/c10-4-5-15(13,14)11-6-8-2-1-3-9(8)7-12/h8-9,11-12H,1-3,5-7H2. The molecule has 0 heterocycles. The van der Waals surface area contributed by atoms with E-state index in [1.165, 1.54) is 0 Å². The van der Waals surface area contributed by atoms with Gasteiger partial charge in [-0.15, -0.1) is 0 Å². The number of hydrogen-bond acceptors (Lipinski definition) is 4. The predicted octanol–water partition coefficient (Wildman–Crippen LogP) is -0.162. The first-order valence-corrected chi connectivity index (χ1v) is 6.69. The summed E-state index contributed by atoms with van der Waals surface area (Å²) in [5, 5.41) is 17.3. The van der Waals surface area contributed by atoms with Crippen LogP contribution in [0.25, 0.3) is 0 Å². The molecule has 0 aromatic rings. The molecule has 5 nitrogen and oxygen atoms in total. The molecule has 0 radical (unpaired) electrons. The molecular formula is C9H16N2O3S. The van der Waals surface area contributed by atoms with Gasteiger partial charge in [0.15, 0.2) is 5.75 Å². The van der Waals surface area contributed by atoms with Crippen molar-refractivity contribution in [1.29, 1.82) is 5.26 Å². The molecule has 0 aromatic carbocycles. The Balaban J connectivity index is 2.40. The molecule has 0 aromatic heterocycles. The van der Waals surface area contributed by atoms with Crippen molar-refractivity contribution in [3.63, 3.8) is 0 Å². The van der Waals surface area contributed by atoms with Gasteiger partial charge in [0, 0.05) is 13.2 Å². The van der Waals surface area contributed by atoms with Crippen molar-refractivity contribution in [2.24, 2.45) is 11.8 Å². The second-order valence-electron chi connectivity index (χ2n) is 3.90. The van der Waals surface area contributed by atoms with Crippen molar-refractivity contribution < 1.29 is 13.5 Å². The van der Waals surface area contributed by atoms with Gasteiger partial charge in [-0.2, -0.15) is 5.26 Å². The summed E-state index contributed by atoms with van der Waals surface area (Å²) in [4.78, 5) is 0. The Kier molecular flexibility index (Phi) is 4.51. The Morgan fingerprint density at radius 1 is 1.40 bits per heavy atom. The third-order valence-corrected chi connectivity index (χ3v) is 3.99. The zero-order valence-electron chi connectivity index (χ0n) is 8.52. The lowest BCUT2D eigenvalue weighted by molar-refractivity contribution is 0.195. The van der Waals surface area contributed by atoms with Crippen LogP contribution in [0.4, 0.5) is 0 Å². The Morgan fingerprint density at radius 3 is 2.67 bits per heavy atom. The van der Waals surface area contributed by atoms with Crippen molar-refractivity contribution in [2.75, 3.05) is 18.9 Å². The Hall–Kier alpha value is -0.640. The van der Waals surface area contributed by atoms with Crippen LogP contribution in [-0.4, -0.2) is 32.4 Å². The highest BCUT2D eigenvalue weighted by Crippen LogP contribution is 2.30. The van der Waals surface area contributed by atoms with E-state index < -0.39 is 15.8 Å². The molecule has 2 N–H and O–H groups in total. The Bertz CT molecular complexity index is 334. The van der Waals surface area contributed by atoms with Gasteiger partial charge in [0.1, 0.15) is 0 Å². The lowest BCUT2D eigenvalue weighted by atomic mass is 9.97. The van der Waals surface area contributed by atoms with Gasteiger partial charge in [-0.1, -0.05) is 6.42 Å². The number of nitrogens with one attached hydrogen (secondary N) is 1. The molecule has 2 unspecified atom stereocenters. The molecule has 6 heteroatoms. The zero-order chi connectivity index (χ0) is 11.3. The monoisotopic (exact) mass is 232 g/mol. The number of nitriles is 1. The molecule has 0 spiro atoms. The zero-order valence-corrected chi connectivity index (χ0v) is 9.33. The van der Waals surface area contributed by atoms with Crippen LogP contribution in [0.5, 0.6) is 0 Å². The van der Waals surface area contributed by atoms with Crippen LogP contribution in [-0.2, 0) is 10.0 Å². The lowest BCUT2D eigenvalue weighted by Crippen LogP contribution is -2.32. The fraction of sp³-hybridized carbons (Fsp3) is 0.889. The summed E-state index contributed by atoms with van der Waals surface area (Å²) >= 11 is 0. The molecule has 1 aliphatic rings. The van der Waals surface area contributed by atoms with E-state index in [9.17, 15) is 8.42 Å². The van der Waals surface area contributed by atoms with Crippen LogP contribution in [0.3, 0.4) is 0 Å². The summed E-state index contributed by atoms with van der Waals surface area (Å²) in [6, 6.07) is 1.61. The molecule has 0 saturated heterocycles. The molecule has 1 saturated carbocycles. The van der Waals surface area contributed by atoms with Gasteiger partial charge in [-0.3, -0.25) is 0 Å². The molecule has 0 aliphatic heterocycles. The van der Waals surface area contributed by atoms with E-state index in [0.717, 1.165) is 19.3 Å². The first-order chi connectivity index (χ1) is 7.09. The molecule has 0 bridgehead atoms. The van der Waals surface area contributed by atoms with Crippen LogP contribution in [0, 0.1) is 23.2 Å². The van der Waals surface area contributed by atoms with Crippen molar-refractivity contribution >= 4 is 10.0 Å². The fourth-order valence-electron chi connectivity index (χ4n) is 1.99. The number of hydrogen-bond donors (Lipinski definition) is 2. The number of rotatable bonds is 5. The van der Waals surface area contributed by atoms with Crippen molar-refractivity contribution in [1.82, 2.24) is 4.72 Å². The van der Waals surface area contributed by atoms with Crippen LogP contribution in [0.1, 0.15) is 19.3 Å². The van der Waals surface area contributed by atoms with Gasteiger partial charge in [0.25, 0.3) is 0 Å². The normalized spacial score (nSPS) is 26.4. The number of sulfonamides is 1. The third-order valence-electron chi connectivity index (χ3n) is 2.87. The maximum atomic E-state index is 11.2. The second-order valence-corrected chi connectivity index (χ2v) is 5.71. The highest BCUT2D eigenvalue weighted by Gasteiger charge is 2.27. The van der Waals surface area contributed by atoms with Crippen LogP contribution >= 0.6 is 0 Å². The molecule has 1 rings (SSSR count). The van der Waals surface area contributed by atoms with Gasteiger partial charge in [0.05, 0.1) is 6.07 Å². The summed E-state index contributed by atoms with van der Waals surface area (Å²) in [6.45, 7) is 0.458. The molecular weight excluding hydrogens is 216 g/mol. The molecule has 15 heavy (non-hydrogen) atoms. The van der Waals surface area contributed by atoms with E-state index in [4.69, 9.17) is 10.4 Å². The summed E-state index contributed by atoms with van der Waals surface area (Å²) < 4.78 is 24.8. The second kappa shape index (κ2) is 5.45. The van der Waals surface area contributed by atoms with E-state index in [0.29, 0.717) is 6.54 Å².